The number of aryl methyl sites for hydroxylation is 3. The standard InChI is InChI=1S/C14H17N3O2/c1-9-5-4-6-12(10(9)2)15-13(18)7-8-14-17-16-11(3)19-14/h4-6H,7-8H2,1-3H3,(H,15,18). The highest BCUT2D eigenvalue weighted by molar-refractivity contribution is 5.91. The number of amides is 1. The third-order valence-electron chi connectivity index (χ3n) is 3.01. The quantitative estimate of drug-likeness (QED) is 0.916. The third kappa shape index (κ3) is 3.40. The van der Waals surface area contributed by atoms with Crippen molar-refractivity contribution in [1.82, 2.24) is 10.2 Å². The van der Waals surface area contributed by atoms with Gasteiger partial charge in [-0.15, -0.1) is 10.2 Å². The van der Waals surface area contributed by atoms with Crippen LogP contribution in [0.4, 0.5) is 5.69 Å². The number of rotatable bonds is 4. The molecule has 1 amide bonds. The van der Waals surface area contributed by atoms with Crippen LogP contribution in [0.1, 0.15) is 29.3 Å². The molecule has 0 radical (unpaired) electrons. The van der Waals surface area contributed by atoms with E-state index in [-0.39, 0.29) is 5.91 Å². The Hall–Kier alpha value is -2.17. The molecule has 2 aromatic rings. The van der Waals surface area contributed by atoms with Crippen molar-refractivity contribution in [2.75, 3.05) is 5.32 Å². The Balaban J connectivity index is 1.92. The second-order valence-electron chi connectivity index (χ2n) is 4.51. The molecule has 0 fully saturated rings. The smallest absolute Gasteiger partial charge is 0.224 e. The van der Waals surface area contributed by atoms with Gasteiger partial charge in [0.2, 0.25) is 17.7 Å². The van der Waals surface area contributed by atoms with Gasteiger partial charge in [-0.1, -0.05) is 12.1 Å². The molecule has 1 aromatic carbocycles. The van der Waals surface area contributed by atoms with E-state index in [0.29, 0.717) is 24.6 Å². The maximum Gasteiger partial charge on any atom is 0.224 e. The number of carbonyl (C=O) groups is 1. The third-order valence-corrected chi connectivity index (χ3v) is 3.01. The van der Waals surface area contributed by atoms with Crippen LogP contribution in [0.2, 0.25) is 0 Å². The maximum absolute atomic E-state index is 11.9. The van der Waals surface area contributed by atoms with E-state index in [0.717, 1.165) is 16.8 Å². The van der Waals surface area contributed by atoms with Crippen LogP contribution in [0, 0.1) is 20.8 Å². The van der Waals surface area contributed by atoms with E-state index in [1.165, 1.54) is 0 Å². The van der Waals surface area contributed by atoms with Crippen molar-refractivity contribution in [2.45, 2.75) is 33.6 Å². The molecule has 0 bridgehead atoms. The van der Waals surface area contributed by atoms with Crippen LogP contribution >= 0.6 is 0 Å². The molecule has 0 saturated heterocycles. The topological polar surface area (TPSA) is 68.0 Å². The van der Waals surface area contributed by atoms with Gasteiger partial charge < -0.3 is 9.73 Å². The summed E-state index contributed by atoms with van der Waals surface area (Å²) in [5.41, 5.74) is 3.10. The monoisotopic (exact) mass is 259 g/mol. The highest BCUT2D eigenvalue weighted by atomic mass is 16.4. The van der Waals surface area contributed by atoms with Crippen molar-refractivity contribution in [1.29, 1.82) is 0 Å². The Morgan fingerprint density at radius 1 is 1.26 bits per heavy atom. The van der Waals surface area contributed by atoms with Gasteiger partial charge in [0, 0.05) is 25.5 Å². The van der Waals surface area contributed by atoms with Crippen LogP contribution < -0.4 is 5.32 Å². The van der Waals surface area contributed by atoms with Gasteiger partial charge in [0.25, 0.3) is 0 Å². The number of aromatic nitrogens is 2. The number of benzene rings is 1. The zero-order chi connectivity index (χ0) is 13.8. The van der Waals surface area contributed by atoms with E-state index < -0.39 is 0 Å². The second-order valence-corrected chi connectivity index (χ2v) is 4.51. The first-order valence-corrected chi connectivity index (χ1v) is 6.21. The fourth-order valence-corrected chi connectivity index (χ4v) is 1.76. The number of nitrogens with one attached hydrogen (secondary N) is 1. The molecule has 0 aliphatic carbocycles. The number of nitrogens with zero attached hydrogens (tertiary/aromatic N) is 2. The van der Waals surface area contributed by atoms with Crippen molar-refractivity contribution in [2.24, 2.45) is 0 Å². The van der Waals surface area contributed by atoms with Crippen LogP contribution in [0.5, 0.6) is 0 Å². The molecule has 19 heavy (non-hydrogen) atoms. The molecule has 2 rings (SSSR count). The predicted molar refractivity (Wildman–Crippen MR) is 71.9 cm³/mol. The van der Waals surface area contributed by atoms with Gasteiger partial charge in [0.15, 0.2) is 0 Å². The molecule has 0 saturated carbocycles. The lowest BCUT2D eigenvalue weighted by Crippen LogP contribution is -2.13. The normalized spacial score (nSPS) is 10.5. The van der Waals surface area contributed by atoms with E-state index in [1.807, 2.05) is 32.0 Å². The van der Waals surface area contributed by atoms with Gasteiger partial charge in [-0.2, -0.15) is 0 Å². The zero-order valence-electron chi connectivity index (χ0n) is 11.4. The molecule has 0 aliphatic rings. The molecule has 1 N–H and O–H groups in total. The minimum atomic E-state index is -0.0513. The van der Waals surface area contributed by atoms with Crippen molar-refractivity contribution in [3.63, 3.8) is 0 Å². The average Bonchev–Trinajstić information content (AvgIpc) is 2.78. The highest BCUT2D eigenvalue weighted by Crippen LogP contribution is 2.18. The highest BCUT2D eigenvalue weighted by Gasteiger charge is 2.09. The van der Waals surface area contributed by atoms with E-state index in [4.69, 9.17) is 4.42 Å². The summed E-state index contributed by atoms with van der Waals surface area (Å²) in [6, 6.07) is 5.85. The molecule has 5 nitrogen and oxygen atoms in total. The lowest BCUT2D eigenvalue weighted by molar-refractivity contribution is -0.116. The van der Waals surface area contributed by atoms with Gasteiger partial charge in [-0.05, 0) is 31.0 Å². The Kier molecular flexibility index (Phi) is 3.94. The minimum absolute atomic E-state index is 0.0513. The summed E-state index contributed by atoms with van der Waals surface area (Å²) in [4.78, 5) is 11.9. The van der Waals surface area contributed by atoms with Gasteiger partial charge in [-0.25, -0.2) is 0 Å². The van der Waals surface area contributed by atoms with Gasteiger partial charge in [-0.3, -0.25) is 4.79 Å². The van der Waals surface area contributed by atoms with Crippen LogP contribution in [-0.2, 0) is 11.2 Å². The van der Waals surface area contributed by atoms with Crippen LogP contribution in [-0.4, -0.2) is 16.1 Å². The van der Waals surface area contributed by atoms with E-state index in [9.17, 15) is 4.79 Å². The van der Waals surface area contributed by atoms with Crippen molar-refractivity contribution >= 4 is 11.6 Å². The lowest BCUT2D eigenvalue weighted by Gasteiger charge is -2.09. The Labute approximate surface area is 112 Å². The predicted octanol–water partition coefficient (Wildman–Crippen LogP) is 2.57. The Bertz CT molecular complexity index is 590. The largest absolute Gasteiger partial charge is 0.426 e. The Morgan fingerprint density at radius 3 is 2.74 bits per heavy atom. The van der Waals surface area contributed by atoms with Crippen LogP contribution in [0.15, 0.2) is 22.6 Å². The average molecular weight is 259 g/mol. The Morgan fingerprint density at radius 2 is 2.05 bits per heavy atom. The van der Waals surface area contributed by atoms with Gasteiger partial charge in [0.1, 0.15) is 0 Å². The zero-order valence-corrected chi connectivity index (χ0v) is 11.4. The first-order valence-electron chi connectivity index (χ1n) is 6.21. The molecule has 1 heterocycles. The second kappa shape index (κ2) is 5.65. The summed E-state index contributed by atoms with van der Waals surface area (Å²) in [6.45, 7) is 5.74. The first kappa shape index (κ1) is 13.3. The molecule has 1 aromatic heterocycles. The summed E-state index contributed by atoms with van der Waals surface area (Å²) >= 11 is 0. The SMILES string of the molecule is Cc1nnc(CCC(=O)Nc2cccc(C)c2C)o1. The number of anilines is 1. The fourth-order valence-electron chi connectivity index (χ4n) is 1.76. The fraction of sp³-hybridized carbons (Fsp3) is 0.357. The van der Waals surface area contributed by atoms with Crippen LogP contribution in [0.25, 0.3) is 0 Å². The summed E-state index contributed by atoms with van der Waals surface area (Å²) in [5.74, 6) is 0.961. The number of hydrogen-bond acceptors (Lipinski definition) is 4. The van der Waals surface area contributed by atoms with E-state index >= 15 is 0 Å². The van der Waals surface area contributed by atoms with Crippen LogP contribution in [0.3, 0.4) is 0 Å². The summed E-state index contributed by atoms with van der Waals surface area (Å²) in [7, 11) is 0. The molecule has 100 valence electrons. The molecule has 0 spiro atoms. The molecular weight excluding hydrogens is 242 g/mol. The van der Waals surface area contributed by atoms with E-state index in [1.54, 1.807) is 6.92 Å². The van der Waals surface area contributed by atoms with E-state index in [2.05, 4.69) is 15.5 Å². The molecule has 0 aliphatic heterocycles. The number of carbonyl (C=O) groups excluding carboxylic acids is 1. The molecule has 5 heteroatoms. The van der Waals surface area contributed by atoms with Gasteiger partial charge in [0.05, 0.1) is 0 Å². The molecule has 0 atom stereocenters. The van der Waals surface area contributed by atoms with Gasteiger partial charge >= 0.3 is 0 Å². The first-order chi connectivity index (χ1) is 9.06. The minimum Gasteiger partial charge on any atom is -0.426 e. The molecular formula is C14H17N3O2. The number of hydrogen-bond donors (Lipinski definition) is 1. The maximum atomic E-state index is 11.9. The summed E-state index contributed by atoms with van der Waals surface area (Å²) in [6.07, 6.45) is 0.784. The van der Waals surface area contributed by atoms with Crippen molar-refractivity contribution in [3.05, 3.63) is 41.1 Å². The van der Waals surface area contributed by atoms with Crippen molar-refractivity contribution in [3.8, 4) is 0 Å². The lowest BCUT2D eigenvalue weighted by atomic mass is 10.1. The summed E-state index contributed by atoms with van der Waals surface area (Å²) in [5, 5.41) is 10.5. The van der Waals surface area contributed by atoms with Crippen molar-refractivity contribution < 1.29 is 9.21 Å². The molecule has 0 unspecified atom stereocenters. The summed E-state index contributed by atoms with van der Waals surface area (Å²) < 4.78 is 5.22.